The van der Waals surface area contributed by atoms with E-state index in [0.29, 0.717) is 18.0 Å². The molecule has 3 aromatic rings. The van der Waals surface area contributed by atoms with Crippen molar-refractivity contribution in [1.82, 2.24) is 15.1 Å². The summed E-state index contributed by atoms with van der Waals surface area (Å²) in [6.07, 6.45) is -0.840. The van der Waals surface area contributed by atoms with Crippen LogP contribution in [0, 0.1) is 5.82 Å². The molecule has 0 unspecified atom stereocenters. The summed E-state index contributed by atoms with van der Waals surface area (Å²) in [6, 6.07) is 15.3. The van der Waals surface area contributed by atoms with Crippen molar-refractivity contribution in [2.75, 3.05) is 7.11 Å². The van der Waals surface area contributed by atoms with Crippen LogP contribution in [0.5, 0.6) is 11.6 Å². The zero-order valence-electron chi connectivity index (χ0n) is 16.0. The van der Waals surface area contributed by atoms with Crippen molar-refractivity contribution in [1.29, 1.82) is 0 Å². The molecule has 0 saturated carbocycles. The normalized spacial score (nSPS) is 11.6. The number of nitrogens with zero attached hydrogens (tertiary/aromatic N) is 2. The lowest BCUT2D eigenvalue weighted by Gasteiger charge is -2.15. The van der Waals surface area contributed by atoms with Gasteiger partial charge in [0.2, 0.25) is 5.88 Å². The minimum Gasteiger partial charge on any atom is -0.497 e. The van der Waals surface area contributed by atoms with Crippen LogP contribution in [0.2, 0.25) is 0 Å². The third kappa shape index (κ3) is 5.19. The van der Waals surface area contributed by atoms with E-state index >= 15 is 0 Å². The predicted octanol–water partition coefficient (Wildman–Crippen LogP) is 2.46. The Hall–Kier alpha value is -3.68. The van der Waals surface area contributed by atoms with Gasteiger partial charge in [0.25, 0.3) is 11.5 Å². The highest BCUT2D eigenvalue weighted by atomic mass is 19.1. The summed E-state index contributed by atoms with van der Waals surface area (Å²) in [7, 11) is 1.58. The molecule has 0 aliphatic heterocycles. The number of rotatable bonds is 7. The van der Waals surface area contributed by atoms with Gasteiger partial charge in [-0.2, -0.15) is 4.68 Å². The quantitative estimate of drug-likeness (QED) is 0.662. The molecule has 0 bridgehead atoms. The van der Waals surface area contributed by atoms with Gasteiger partial charge >= 0.3 is 0 Å². The van der Waals surface area contributed by atoms with Gasteiger partial charge in [-0.25, -0.2) is 4.39 Å². The van der Waals surface area contributed by atoms with Crippen molar-refractivity contribution in [2.45, 2.75) is 19.6 Å². The van der Waals surface area contributed by atoms with Crippen LogP contribution in [0.25, 0.3) is 5.69 Å². The number of methoxy groups -OCH3 is 1. The molecule has 1 atom stereocenters. The van der Waals surface area contributed by atoms with Crippen LogP contribution in [0.4, 0.5) is 4.39 Å². The van der Waals surface area contributed by atoms with Crippen LogP contribution in [-0.2, 0) is 11.3 Å². The van der Waals surface area contributed by atoms with E-state index in [9.17, 15) is 14.0 Å². The van der Waals surface area contributed by atoms with Gasteiger partial charge in [-0.05, 0) is 48.9 Å². The van der Waals surface area contributed by atoms with Crippen molar-refractivity contribution >= 4 is 5.91 Å². The molecule has 1 heterocycles. The van der Waals surface area contributed by atoms with Crippen LogP contribution in [0.1, 0.15) is 12.5 Å². The topological polar surface area (TPSA) is 82.5 Å². The summed E-state index contributed by atoms with van der Waals surface area (Å²) < 4.78 is 24.9. The summed E-state index contributed by atoms with van der Waals surface area (Å²) in [5.74, 6) is 0.0379. The number of carbonyl (C=O) groups is 1. The third-order valence-corrected chi connectivity index (χ3v) is 4.11. The van der Waals surface area contributed by atoms with Gasteiger partial charge < -0.3 is 14.8 Å². The Morgan fingerprint density at radius 2 is 1.93 bits per heavy atom. The maximum absolute atomic E-state index is 13.1. The molecular weight excluding hydrogens is 377 g/mol. The van der Waals surface area contributed by atoms with Crippen molar-refractivity contribution in [3.8, 4) is 17.3 Å². The summed E-state index contributed by atoms with van der Waals surface area (Å²) >= 11 is 0. The molecule has 1 N–H and O–H groups in total. The number of amides is 1. The number of halogens is 1. The molecule has 7 nitrogen and oxygen atoms in total. The van der Waals surface area contributed by atoms with Gasteiger partial charge in [-0.1, -0.05) is 12.1 Å². The second-order valence-electron chi connectivity index (χ2n) is 6.23. The molecule has 0 saturated heterocycles. The van der Waals surface area contributed by atoms with Crippen molar-refractivity contribution in [2.24, 2.45) is 0 Å². The van der Waals surface area contributed by atoms with E-state index in [2.05, 4.69) is 10.4 Å². The Balaban J connectivity index is 1.65. The fourth-order valence-corrected chi connectivity index (χ4v) is 2.57. The Kier molecular flexibility index (Phi) is 6.23. The Bertz CT molecular complexity index is 1050. The van der Waals surface area contributed by atoms with Crippen LogP contribution >= 0.6 is 0 Å². The van der Waals surface area contributed by atoms with E-state index in [4.69, 9.17) is 9.47 Å². The number of ether oxygens (including phenoxy) is 2. The summed E-state index contributed by atoms with van der Waals surface area (Å²) in [4.78, 5) is 24.4. The minimum atomic E-state index is -0.840. The number of aromatic nitrogens is 2. The molecule has 0 spiro atoms. The van der Waals surface area contributed by atoms with E-state index < -0.39 is 17.5 Å². The fourth-order valence-electron chi connectivity index (χ4n) is 2.57. The highest BCUT2D eigenvalue weighted by molar-refractivity contribution is 5.80. The molecule has 3 rings (SSSR count). The smallest absolute Gasteiger partial charge is 0.271 e. The highest BCUT2D eigenvalue weighted by Crippen LogP contribution is 2.13. The summed E-state index contributed by atoms with van der Waals surface area (Å²) in [5, 5.41) is 6.88. The lowest BCUT2D eigenvalue weighted by Crippen LogP contribution is -2.36. The first-order chi connectivity index (χ1) is 14.0. The number of hydrogen-bond donors (Lipinski definition) is 1. The Morgan fingerprint density at radius 1 is 1.17 bits per heavy atom. The van der Waals surface area contributed by atoms with Gasteiger partial charge in [-0.15, -0.1) is 5.10 Å². The molecule has 0 radical (unpaired) electrons. The first-order valence-corrected chi connectivity index (χ1v) is 8.90. The number of hydrogen-bond acceptors (Lipinski definition) is 5. The van der Waals surface area contributed by atoms with E-state index in [1.54, 1.807) is 14.0 Å². The SMILES string of the molecule is COc1cccc(CNC(=O)[C@@H](C)Oc2ccc(=O)n(-c3ccc(F)cc3)n2)c1. The van der Waals surface area contributed by atoms with E-state index in [-0.39, 0.29) is 11.8 Å². The van der Waals surface area contributed by atoms with Crippen LogP contribution in [-0.4, -0.2) is 28.9 Å². The Labute approximate surface area is 166 Å². The predicted molar refractivity (Wildman–Crippen MR) is 105 cm³/mol. The van der Waals surface area contributed by atoms with Crippen molar-refractivity contribution in [3.63, 3.8) is 0 Å². The first-order valence-electron chi connectivity index (χ1n) is 8.90. The zero-order chi connectivity index (χ0) is 20.8. The molecule has 8 heteroatoms. The second kappa shape index (κ2) is 9.01. The molecule has 1 aromatic heterocycles. The van der Waals surface area contributed by atoms with E-state index in [0.717, 1.165) is 10.2 Å². The average Bonchev–Trinajstić information content (AvgIpc) is 2.74. The van der Waals surface area contributed by atoms with Gasteiger partial charge in [0, 0.05) is 18.7 Å². The molecule has 150 valence electrons. The van der Waals surface area contributed by atoms with Crippen LogP contribution in [0.3, 0.4) is 0 Å². The molecule has 0 fully saturated rings. The maximum Gasteiger partial charge on any atom is 0.271 e. The van der Waals surface area contributed by atoms with E-state index in [1.165, 1.54) is 36.4 Å². The lowest BCUT2D eigenvalue weighted by atomic mass is 10.2. The van der Waals surface area contributed by atoms with Gasteiger partial charge in [0.1, 0.15) is 11.6 Å². The molecule has 2 aromatic carbocycles. The van der Waals surface area contributed by atoms with Gasteiger partial charge in [0.05, 0.1) is 12.8 Å². The second-order valence-corrected chi connectivity index (χ2v) is 6.23. The molecular formula is C21H20FN3O4. The maximum atomic E-state index is 13.1. The van der Waals surface area contributed by atoms with E-state index in [1.807, 2.05) is 24.3 Å². The molecule has 29 heavy (non-hydrogen) atoms. The molecule has 1 amide bonds. The van der Waals surface area contributed by atoms with Crippen molar-refractivity contribution in [3.05, 3.63) is 82.4 Å². The standard InChI is InChI=1S/C21H20FN3O4/c1-14(21(27)23-13-15-4-3-5-18(12-15)28-2)29-19-10-11-20(26)25(24-19)17-8-6-16(22)7-9-17/h3-12,14H,13H2,1-2H3,(H,23,27)/t14-/m1/s1. The number of nitrogens with one attached hydrogen (secondary N) is 1. The van der Waals surface area contributed by atoms with Crippen LogP contribution in [0.15, 0.2) is 65.5 Å². The first kappa shape index (κ1) is 20.1. The molecule has 0 aliphatic rings. The molecule has 0 aliphatic carbocycles. The lowest BCUT2D eigenvalue weighted by molar-refractivity contribution is -0.127. The number of carbonyl (C=O) groups excluding carboxylic acids is 1. The summed E-state index contributed by atoms with van der Waals surface area (Å²) in [6.45, 7) is 1.89. The van der Waals surface area contributed by atoms with Gasteiger partial charge in [-0.3, -0.25) is 9.59 Å². The monoisotopic (exact) mass is 397 g/mol. The van der Waals surface area contributed by atoms with Crippen LogP contribution < -0.4 is 20.3 Å². The Morgan fingerprint density at radius 3 is 2.66 bits per heavy atom. The number of benzene rings is 2. The fraction of sp³-hybridized carbons (Fsp3) is 0.190. The largest absolute Gasteiger partial charge is 0.497 e. The third-order valence-electron chi connectivity index (χ3n) is 4.11. The zero-order valence-corrected chi connectivity index (χ0v) is 16.0. The van der Waals surface area contributed by atoms with Gasteiger partial charge in [0.15, 0.2) is 6.10 Å². The van der Waals surface area contributed by atoms with Crippen molar-refractivity contribution < 1.29 is 18.7 Å². The minimum absolute atomic E-state index is 0.0953. The highest BCUT2D eigenvalue weighted by Gasteiger charge is 2.16. The average molecular weight is 397 g/mol. The summed E-state index contributed by atoms with van der Waals surface area (Å²) in [5.41, 5.74) is 0.865.